The van der Waals surface area contributed by atoms with Gasteiger partial charge in [0.2, 0.25) is 5.91 Å². The summed E-state index contributed by atoms with van der Waals surface area (Å²) in [4.78, 5) is 16.9. The van der Waals surface area contributed by atoms with Gasteiger partial charge in [0.25, 0.3) is 0 Å². The van der Waals surface area contributed by atoms with Gasteiger partial charge in [-0.25, -0.2) is 0 Å². The van der Waals surface area contributed by atoms with E-state index in [0.717, 1.165) is 47.4 Å². The first-order valence-corrected chi connectivity index (χ1v) is 6.58. The molecular formula is C15H14N2O2. The van der Waals surface area contributed by atoms with Gasteiger partial charge < -0.3 is 4.74 Å². The molecule has 96 valence electrons. The lowest BCUT2D eigenvalue weighted by Crippen LogP contribution is -2.27. The number of benzene rings is 1. The maximum Gasteiger partial charge on any atom is 0.232 e. The zero-order valence-corrected chi connectivity index (χ0v) is 10.8. The van der Waals surface area contributed by atoms with Gasteiger partial charge >= 0.3 is 0 Å². The van der Waals surface area contributed by atoms with Gasteiger partial charge in [0.1, 0.15) is 5.75 Å². The van der Waals surface area contributed by atoms with Crippen molar-refractivity contribution in [1.29, 1.82) is 0 Å². The van der Waals surface area contributed by atoms with Crippen LogP contribution in [0.1, 0.15) is 28.9 Å². The maximum atomic E-state index is 12.3. The smallest absolute Gasteiger partial charge is 0.232 e. The van der Waals surface area contributed by atoms with Gasteiger partial charge in [0.15, 0.2) is 0 Å². The molecule has 0 saturated heterocycles. The summed E-state index contributed by atoms with van der Waals surface area (Å²) in [6.07, 6.45) is 2.21. The number of nitrogens with zero attached hydrogens (tertiary/aromatic N) is 2. The molecule has 4 rings (SSSR count). The predicted molar refractivity (Wildman–Crippen MR) is 73.5 cm³/mol. The Morgan fingerprint density at radius 2 is 2.16 bits per heavy atom. The number of aliphatic imine (C=N–C) groups is 1. The number of rotatable bonds is 1. The fourth-order valence-corrected chi connectivity index (χ4v) is 3.25. The monoisotopic (exact) mass is 254 g/mol. The number of fused-ring (bicyclic) bond motifs is 3. The first-order chi connectivity index (χ1) is 9.31. The van der Waals surface area contributed by atoms with Crippen LogP contribution in [0.5, 0.6) is 5.75 Å². The minimum Gasteiger partial charge on any atom is -0.495 e. The molecule has 0 fully saturated rings. The van der Waals surface area contributed by atoms with Crippen molar-refractivity contribution in [2.75, 3.05) is 13.7 Å². The van der Waals surface area contributed by atoms with Crippen LogP contribution < -0.4 is 4.74 Å². The van der Waals surface area contributed by atoms with E-state index >= 15 is 0 Å². The molecule has 0 bridgehead atoms. The quantitative estimate of drug-likeness (QED) is 0.784. The predicted octanol–water partition coefficient (Wildman–Crippen LogP) is 2.43. The van der Waals surface area contributed by atoms with Crippen molar-refractivity contribution in [3.8, 4) is 5.75 Å². The van der Waals surface area contributed by atoms with Crippen LogP contribution in [0.15, 0.2) is 23.2 Å². The third-order valence-corrected chi connectivity index (χ3v) is 4.04. The van der Waals surface area contributed by atoms with Crippen LogP contribution in [-0.2, 0) is 6.42 Å². The molecule has 4 nitrogen and oxygen atoms in total. The highest BCUT2D eigenvalue weighted by Gasteiger charge is 2.31. The normalized spacial score (nSPS) is 17.3. The van der Waals surface area contributed by atoms with Crippen LogP contribution >= 0.6 is 0 Å². The molecule has 0 amide bonds. The molecule has 0 spiro atoms. The number of para-hydroxylation sites is 1. The number of hydrogen-bond acceptors (Lipinski definition) is 3. The van der Waals surface area contributed by atoms with Crippen molar-refractivity contribution in [2.45, 2.75) is 19.3 Å². The summed E-state index contributed by atoms with van der Waals surface area (Å²) in [6.45, 7) is 0.826. The van der Waals surface area contributed by atoms with Crippen LogP contribution in [0.3, 0.4) is 0 Å². The van der Waals surface area contributed by atoms with E-state index in [1.165, 1.54) is 5.56 Å². The van der Waals surface area contributed by atoms with Crippen molar-refractivity contribution >= 4 is 22.5 Å². The average Bonchev–Trinajstić information content (AvgIpc) is 2.80. The van der Waals surface area contributed by atoms with Gasteiger partial charge in [-0.1, -0.05) is 12.1 Å². The average molecular weight is 254 g/mol. The van der Waals surface area contributed by atoms with Crippen LogP contribution in [0, 0.1) is 0 Å². The van der Waals surface area contributed by atoms with E-state index in [-0.39, 0.29) is 5.91 Å². The Morgan fingerprint density at radius 3 is 3.00 bits per heavy atom. The minimum atomic E-state index is 0.150. The number of hydrogen-bond donors (Lipinski definition) is 0. The summed E-state index contributed by atoms with van der Waals surface area (Å²) in [5.41, 5.74) is 4.28. The number of ether oxygens (including phenoxy) is 1. The summed E-state index contributed by atoms with van der Waals surface area (Å²) in [5.74, 6) is 0.915. The second kappa shape index (κ2) is 3.70. The third-order valence-electron chi connectivity index (χ3n) is 4.04. The fraction of sp³-hybridized carbons (Fsp3) is 0.333. The Labute approximate surface area is 110 Å². The van der Waals surface area contributed by atoms with E-state index in [0.29, 0.717) is 6.42 Å². The lowest BCUT2D eigenvalue weighted by Gasteiger charge is -2.21. The zero-order chi connectivity index (χ0) is 13.0. The first kappa shape index (κ1) is 10.8. The summed E-state index contributed by atoms with van der Waals surface area (Å²) in [7, 11) is 1.65. The van der Waals surface area contributed by atoms with Crippen molar-refractivity contribution < 1.29 is 9.53 Å². The second-order valence-corrected chi connectivity index (χ2v) is 4.99. The summed E-state index contributed by atoms with van der Waals surface area (Å²) in [6, 6.07) is 5.98. The number of methoxy groups -OCH3 is 1. The maximum absolute atomic E-state index is 12.3. The summed E-state index contributed by atoms with van der Waals surface area (Å²) < 4.78 is 7.27. The Hall–Kier alpha value is -2.10. The van der Waals surface area contributed by atoms with Gasteiger partial charge in [-0.2, -0.15) is 0 Å². The van der Waals surface area contributed by atoms with Crippen LogP contribution in [0.2, 0.25) is 0 Å². The summed E-state index contributed by atoms with van der Waals surface area (Å²) >= 11 is 0. The van der Waals surface area contributed by atoms with E-state index in [1.807, 2.05) is 16.7 Å². The molecule has 3 heterocycles. The van der Waals surface area contributed by atoms with Crippen molar-refractivity contribution in [1.82, 2.24) is 4.57 Å². The molecular weight excluding hydrogens is 240 g/mol. The molecule has 0 N–H and O–H groups in total. The van der Waals surface area contributed by atoms with E-state index in [9.17, 15) is 4.79 Å². The topological polar surface area (TPSA) is 43.6 Å². The fourth-order valence-electron chi connectivity index (χ4n) is 3.25. The largest absolute Gasteiger partial charge is 0.495 e. The van der Waals surface area contributed by atoms with E-state index in [2.05, 4.69) is 11.1 Å². The van der Waals surface area contributed by atoms with Crippen LogP contribution in [0.4, 0.5) is 0 Å². The highest BCUT2D eigenvalue weighted by Crippen LogP contribution is 2.37. The van der Waals surface area contributed by atoms with Gasteiger partial charge in [-0.05, 0) is 18.1 Å². The molecule has 0 aliphatic carbocycles. The number of aromatic nitrogens is 1. The van der Waals surface area contributed by atoms with Gasteiger partial charge in [0, 0.05) is 24.8 Å². The molecule has 1 aromatic carbocycles. The second-order valence-electron chi connectivity index (χ2n) is 4.99. The van der Waals surface area contributed by atoms with Crippen molar-refractivity contribution in [2.24, 2.45) is 4.99 Å². The minimum absolute atomic E-state index is 0.150. The Morgan fingerprint density at radius 1 is 1.26 bits per heavy atom. The van der Waals surface area contributed by atoms with Crippen molar-refractivity contribution in [3.05, 3.63) is 29.5 Å². The Bertz CT molecular complexity index is 740. The SMILES string of the molecule is COc1cccc2c3c4n(c12)C(=O)CCC4=NCC3. The molecule has 4 heteroatoms. The molecule has 2 aliphatic heterocycles. The van der Waals surface area contributed by atoms with Crippen molar-refractivity contribution in [3.63, 3.8) is 0 Å². The number of carbonyl (C=O) groups excluding carboxylic acids is 1. The van der Waals surface area contributed by atoms with Gasteiger partial charge in [0.05, 0.1) is 24.0 Å². The van der Waals surface area contributed by atoms with Gasteiger partial charge in [-0.3, -0.25) is 14.4 Å². The van der Waals surface area contributed by atoms with E-state index in [4.69, 9.17) is 4.74 Å². The third kappa shape index (κ3) is 1.28. The highest BCUT2D eigenvalue weighted by molar-refractivity contribution is 6.15. The molecule has 2 aliphatic rings. The molecule has 0 atom stereocenters. The summed E-state index contributed by atoms with van der Waals surface area (Å²) in [5, 5.41) is 1.14. The first-order valence-electron chi connectivity index (χ1n) is 6.58. The van der Waals surface area contributed by atoms with Gasteiger partial charge in [-0.15, -0.1) is 0 Å². The standard InChI is InChI=1S/C15H14N2O2/c1-19-12-4-2-3-9-10-7-8-16-11-5-6-13(18)17(14(10)11)15(9)12/h2-4H,5-8H2,1H3. The molecule has 0 saturated carbocycles. The Kier molecular flexibility index (Phi) is 2.10. The molecule has 2 aromatic rings. The zero-order valence-electron chi connectivity index (χ0n) is 10.8. The molecule has 1 aromatic heterocycles. The van der Waals surface area contributed by atoms with Crippen LogP contribution in [0.25, 0.3) is 10.9 Å². The molecule has 19 heavy (non-hydrogen) atoms. The molecule has 0 unspecified atom stereocenters. The lowest BCUT2D eigenvalue weighted by molar-refractivity contribution is 0.0904. The van der Waals surface area contributed by atoms with E-state index < -0.39 is 0 Å². The highest BCUT2D eigenvalue weighted by atomic mass is 16.5. The lowest BCUT2D eigenvalue weighted by atomic mass is 9.98. The van der Waals surface area contributed by atoms with E-state index in [1.54, 1.807) is 7.11 Å². The molecule has 0 radical (unpaired) electrons. The number of carbonyl (C=O) groups is 1. The Balaban J connectivity index is 2.21. The van der Waals surface area contributed by atoms with Crippen LogP contribution in [-0.4, -0.2) is 29.8 Å².